The van der Waals surface area contributed by atoms with Crippen molar-refractivity contribution in [3.05, 3.63) is 138 Å². The first kappa shape index (κ1) is 25.8. The summed E-state index contributed by atoms with van der Waals surface area (Å²) in [5.41, 5.74) is 11.8. The first-order valence-electron chi connectivity index (χ1n) is 15.0. The van der Waals surface area contributed by atoms with Gasteiger partial charge in [-0.25, -0.2) is 0 Å². The van der Waals surface area contributed by atoms with Gasteiger partial charge in [0.2, 0.25) is 0 Å². The Labute approximate surface area is 264 Å². The number of nitrogens with zero attached hydrogens (tertiary/aromatic N) is 3. The Bertz CT molecular complexity index is 2650. The highest BCUT2D eigenvalue weighted by Crippen LogP contribution is 2.51. The van der Waals surface area contributed by atoms with E-state index >= 15 is 0 Å². The Morgan fingerprint density at radius 1 is 0.556 bits per heavy atom. The minimum atomic E-state index is -0.0326. The predicted octanol–water partition coefficient (Wildman–Crippen LogP) is 10.9. The molecule has 0 unspecified atom stereocenters. The predicted molar refractivity (Wildman–Crippen MR) is 186 cm³/mol. The molecule has 3 nitrogen and oxygen atoms in total. The van der Waals surface area contributed by atoms with Gasteiger partial charge < -0.3 is 4.57 Å². The number of hydrogen-bond acceptors (Lipinski definition) is 3. The van der Waals surface area contributed by atoms with Gasteiger partial charge in [0.25, 0.3) is 0 Å². The largest absolute Gasteiger partial charge is 0.309 e. The van der Waals surface area contributed by atoms with E-state index in [1.54, 1.807) is 0 Å². The van der Waals surface area contributed by atoms with E-state index in [0.717, 1.165) is 38.6 Å². The third-order valence-corrected chi connectivity index (χ3v) is 10.8. The second-order valence-corrected chi connectivity index (χ2v) is 13.5. The van der Waals surface area contributed by atoms with Crippen molar-refractivity contribution in [2.45, 2.75) is 19.3 Å². The SMILES string of the molecule is CC1(C)c2ccccc2-c2cc3c(cc21)sc1ccc(-c2ccc(C#N)cc2-n2c4ccccc4c4cc(C#N)ccc42)cc13. The zero-order chi connectivity index (χ0) is 30.4. The summed E-state index contributed by atoms with van der Waals surface area (Å²) in [7, 11) is 0. The average Bonchev–Trinajstić information content (AvgIpc) is 3.68. The summed E-state index contributed by atoms with van der Waals surface area (Å²) in [5, 5.41) is 24.2. The van der Waals surface area contributed by atoms with Crippen LogP contribution in [0.5, 0.6) is 0 Å². The Balaban J connectivity index is 1.31. The molecule has 6 aromatic carbocycles. The lowest BCUT2D eigenvalue weighted by atomic mass is 9.82. The van der Waals surface area contributed by atoms with Gasteiger partial charge in [0.15, 0.2) is 0 Å². The van der Waals surface area contributed by atoms with Gasteiger partial charge in [-0.2, -0.15) is 10.5 Å². The summed E-state index contributed by atoms with van der Waals surface area (Å²) in [6.07, 6.45) is 0. The molecule has 45 heavy (non-hydrogen) atoms. The maximum atomic E-state index is 9.94. The fourth-order valence-corrected chi connectivity index (χ4v) is 8.58. The molecule has 4 heteroatoms. The van der Waals surface area contributed by atoms with Gasteiger partial charge in [0.1, 0.15) is 0 Å². The van der Waals surface area contributed by atoms with Crippen LogP contribution in [0, 0.1) is 22.7 Å². The van der Waals surface area contributed by atoms with Crippen LogP contribution in [0.1, 0.15) is 36.1 Å². The van der Waals surface area contributed by atoms with Gasteiger partial charge in [0.05, 0.1) is 40.0 Å². The lowest BCUT2D eigenvalue weighted by Gasteiger charge is -2.21. The molecule has 9 rings (SSSR count). The van der Waals surface area contributed by atoms with Crippen LogP contribution >= 0.6 is 11.3 Å². The van der Waals surface area contributed by atoms with Crippen molar-refractivity contribution >= 4 is 53.3 Å². The molecule has 2 heterocycles. The molecule has 0 atom stereocenters. The lowest BCUT2D eigenvalue weighted by molar-refractivity contribution is 0.661. The van der Waals surface area contributed by atoms with Gasteiger partial charge >= 0.3 is 0 Å². The van der Waals surface area contributed by atoms with Crippen molar-refractivity contribution < 1.29 is 0 Å². The second-order valence-electron chi connectivity index (χ2n) is 12.4. The number of benzene rings is 6. The molecular weight excluding hydrogens is 567 g/mol. The zero-order valence-electron chi connectivity index (χ0n) is 24.7. The van der Waals surface area contributed by atoms with Crippen LogP contribution in [0.25, 0.3) is 69.9 Å². The van der Waals surface area contributed by atoms with Gasteiger partial charge in [-0.1, -0.05) is 68.4 Å². The van der Waals surface area contributed by atoms with Gasteiger partial charge in [-0.15, -0.1) is 11.3 Å². The summed E-state index contributed by atoms with van der Waals surface area (Å²) in [5.74, 6) is 0. The zero-order valence-corrected chi connectivity index (χ0v) is 25.5. The summed E-state index contributed by atoms with van der Waals surface area (Å²) in [6.45, 7) is 4.66. The topological polar surface area (TPSA) is 52.5 Å². The smallest absolute Gasteiger partial charge is 0.0992 e. The highest BCUT2D eigenvalue weighted by atomic mass is 32.1. The number of fused-ring (bicyclic) bond motifs is 9. The molecule has 0 N–H and O–H groups in total. The Morgan fingerprint density at radius 3 is 2.16 bits per heavy atom. The Morgan fingerprint density at radius 2 is 1.29 bits per heavy atom. The molecule has 0 bridgehead atoms. The Hall–Kier alpha value is -5.68. The molecule has 0 fully saturated rings. The number of hydrogen-bond donors (Lipinski definition) is 0. The van der Waals surface area contributed by atoms with Crippen molar-refractivity contribution in [1.29, 1.82) is 10.5 Å². The fourth-order valence-electron chi connectivity index (χ4n) is 7.47. The highest BCUT2D eigenvalue weighted by molar-refractivity contribution is 7.25. The van der Waals surface area contributed by atoms with Gasteiger partial charge in [-0.05, 0) is 88.5 Å². The van der Waals surface area contributed by atoms with Crippen LogP contribution < -0.4 is 0 Å². The molecule has 8 aromatic rings. The third-order valence-electron chi connectivity index (χ3n) is 9.65. The number of nitriles is 2. The van der Waals surface area contributed by atoms with E-state index in [2.05, 4.69) is 103 Å². The van der Waals surface area contributed by atoms with E-state index in [1.165, 1.54) is 42.4 Å². The summed E-state index contributed by atoms with van der Waals surface area (Å²) in [6, 6.07) is 45.1. The average molecular weight is 592 g/mol. The maximum Gasteiger partial charge on any atom is 0.0992 e. The molecule has 210 valence electrons. The first-order valence-corrected chi connectivity index (χ1v) is 15.9. The van der Waals surface area contributed by atoms with Crippen LogP contribution in [-0.2, 0) is 5.41 Å². The fraction of sp³-hybridized carbons (Fsp3) is 0.0732. The monoisotopic (exact) mass is 591 g/mol. The van der Waals surface area contributed by atoms with Crippen molar-refractivity contribution in [2.75, 3.05) is 0 Å². The van der Waals surface area contributed by atoms with E-state index in [-0.39, 0.29) is 5.41 Å². The van der Waals surface area contributed by atoms with Crippen molar-refractivity contribution in [2.24, 2.45) is 0 Å². The van der Waals surface area contributed by atoms with Crippen LogP contribution in [0.2, 0.25) is 0 Å². The van der Waals surface area contributed by atoms with Crippen LogP contribution in [0.4, 0.5) is 0 Å². The van der Waals surface area contributed by atoms with Crippen molar-refractivity contribution in [1.82, 2.24) is 4.57 Å². The second kappa shape index (κ2) is 9.16. The first-order chi connectivity index (χ1) is 22.0. The van der Waals surface area contributed by atoms with Gasteiger partial charge in [-0.3, -0.25) is 0 Å². The Kier molecular flexibility index (Phi) is 5.25. The van der Waals surface area contributed by atoms with E-state index in [9.17, 15) is 10.5 Å². The highest BCUT2D eigenvalue weighted by Gasteiger charge is 2.35. The quantitative estimate of drug-likeness (QED) is 0.201. The van der Waals surface area contributed by atoms with E-state index in [1.807, 2.05) is 53.8 Å². The number of aromatic nitrogens is 1. The minimum Gasteiger partial charge on any atom is -0.309 e. The summed E-state index contributed by atoms with van der Waals surface area (Å²) >= 11 is 1.85. The molecular formula is C41H25N3S. The normalized spacial score (nSPS) is 13.2. The van der Waals surface area contributed by atoms with Crippen LogP contribution in [0.15, 0.2) is 115 Å². The standard InChI is InChI=1S/C41H25N3S/c1-41(2)34-9-5-3-7-28(34)30-20-33-32-19-26(13-16-39(32)45-40(33)21-35(30)41)27-14-11-25(23-43)18-38(27)44-36-10-6-4-8-29(36)31-17-24(22-42)12-15-37(31)44/h3-21H,1-2H3. The number of rotatable bonds is 2. The molecule has 1 aliphatic carbocycles. The van der Waals surface area contributed by atoms with Crippen molar-refractivity contribution in [3.8, 4) is 40.1 Å². The molecule has 0 aliphatic heterocycles. The molecule has 2 aromatic heterocycles. The van der Waals surface area contributed by atoms with Crippen molar-refractivity contribution in [3.63, 3.8) is 0 Å². The molecule has 0 saturated carbocycles. The summed E-state index contributed by atoms with van der Waals surface area (Å²) in [4.78, 5) is 0. The maximum absolute atomic E-state index is 9.94. The number of para-hydroxylation sites is 1. The van der Waals surface area contributed by atoms with E-state index in [0.29, 0.717) is 11.1 Å². The molecule has 0 radical (unpaired) electrons. The van der Waals surface area contributed by atoms with Crippen LogP contribution in [-0.4, -0.2) is 4.57 Å². The minimum absolute atomic E-state index is 0.0326. The molecule has 0 saturated heterocycles. The van der Waals surface area contributed by atoms with Gasteiger partial charge in [0, 0.05) is 41.9 Å². The summed E-state index contributed by atoms with van der Waals surface area (Å²) < 4.78 is 4.81. The molecule has 1 aliphatic rings. The van der Waals surface area contributed by atoms with E-state index < -0.39 is 0 Å². The third kappa shape index (κ3) is 3.55. The van der Waals surface area contributed by atoms with E-state index in [4.69, 9.17) is 0 Å². The molecule has 0 spiro atoms. The van der Waals surface area contributed by atoms with Crippen LogP contribution in [0.3, 0.4) is 0 Å². The number of thiophene rings is 1. The lowest BCUT2D eigenvalue weighted by Crippen LogP contribution is -2.14. The molecule has 0 amide bonds.